The Balaban J connectivity index is 1.55. The van der Waals surface area contributed by atoms with Gasteiger partial charge in [-0.05, 0) is 24.6 Å². The normalized spacial score (nSPS) is 18.1. The minimum Gasteiger partial charge on any atom is -0.382 e. The molecule has 1 aliphatic rings. The zero-order valence-corrected chi connectivity index (χ0v) is 15.9. The van der Waals surface area contributed by atoms with Crippen molar-refractivity contribution >= 4 is 27.5 Å². The molecule has 138 valence electrons. The van der Waals surface area contributed by atoms with Crippen LogP contribution in [-0.4, -0.2) is 29.6 Å². The molecule has 7 nitrogen and oxygen atoms in total. The summed E-state index contributed by atoms with van der Waals surface area (Å²) >= 11 is 1.47. The van der Waals surface area contributed by atoms with Crippen molar-refractivity contribution in [3.63, 3.8) is 0 Å². The first-order valence-corrected chi connectivity index (χ1v) is 9.60. The van der Waals surface area contributed by atoms with Gasteiger partial charge in [0.2, 0.25) is 0 Å². The van der Waals surface area contributed by atoms with E-state index in [1.54, 1.807) is 6.20 Å². The minimum atomic E-state index is -1.21. The van der Waals surface area contributed by atoms with Gasteiger partial charge in [0.15, 0.2) is 17.2 Å². The second-order valence-electron chi connectivity index (χ2n) is 6.77. The van der Waals surface area contributed by atoms with E-state index in [9.17, 15) is 5.11 Å². The molecule has 1 aliphatic heterocycles. The molecule has 1 atom stereocenters. The standard InChI is InChI=1S/C20H16N6OS/c1-12-2-3-13(4-5-20(27)6-8-26-9-7-22-19(20)26)10-14(12)17-25-15-16(21)23-11-24-18(15)28-17/h2-3,7,9-11,27H,6,8H2,1H3,(H2,21,23,24)/t20-/m0/s1. The number of hydrogen-bond acceptors (Lipinski definition) is 7. The van der Waals surface area contributed by atoms with Crippen molar-refractivity contribution < 1.29 is 5.11 Å². The average Bonchev–Trinajstić information content (AvgIpc) is 3.39. The first kappa shape index (κ1) is 16.9. The van der Waals surface area contributed by atoms with Crippen molar-refractivity contribution in [1.82, 2.24) is 24.5 Å². The number of benzene rings is 1. The smallest absolute Gasteiger partial charge is 0.185 e. The molecule has 4 aromatic rings. The Morgan fingerprint density at radius 1 is 1.29 bits per heavy atom. The van der Waals surface area contributed by atoms with Gasteiger partial charge in [0.05, 0.1) is 0 Å². The van der Waals surface area contributed by atoms with Crippen LogP contribution in [0.5, 0.6) is 0 Å². The molecule has 0 aliphatic carbocycles. The third kappa shape index (κ3) is 2.64. The number of aromatic nitrogens is 5. The summed E-state index contributed by atoms with van der Waals surface area (Å²) in [6.45, 7) is 2.74. The fraction of sp³-hybridized carbons (Fsp3) is 0.200. The highest BCUT2D eigenvalue weighted by atomic mass is 32.1. The van der Waals surface area contributed by atoms with Crippen LogP contribution in [0.4, 0.5) is 5.82 Å². The number of anilines is 1. The van der Waals surface area contributed by atoms with E-state index in [4.69, 9.17) is 5.73 Å². The van der Waals surface area contributed by atoms with Gasteiger partial charge in [-0.15, -0.1) is 0 Å². The molecule has 0 radical (unpaired) electrons. The van der Waals surface area contributed by atoms with E-state index in [0.29, 0.717) is 30.1 Å². The van der Waals surface area contributed by atoms with Crippen molar-refractivity contribution in [3.05, 3.63) is 53.9 Å². The summed E-state index contributed by atoms with van der Waals surface area (Å²) in [7, 11) is 0. The second-order valence-corrected chi connectivity index (χ2v) is 7.74. The molecule has 1 aromatic carbocycles. The Bertz CT molecular complexity index is 1280. The van der Waals surface area contributed by atoms with Crippen LogP contribution in [0.3, 0.4) is 0 Å². The molecule has 28 heavy (non-hydrogen) atoms. The van der Waals surface area contributed by atoms with E-state index < -0.39 is 5.60 Å². The van der Waals surface area contributed by atoms with Gasteiger partial charge in [-0.3, -0.25) is 0 Å². The van der Waals surface area contributed by atoms with E-state index in [0.717, 1.165) is 26.5 Å². The summed E-state index contributed by atoms with van der Waals surface area (Å²) in [6, 6.07) is 5.92. The van der Waals surface area contributed by atoms with Crippen molar-refractivity contribution in [1.29, 1.82) is 0 Å². The van der Waals surface area contributed by atoms with Gasteiger partial charge < -0.3 is 15.4 Å². The molecule has 0 saturated heterocycles. The molecule has 5 rings (SSSR count). The van der Waals surface area contributed by atoms with Crippen molar-refractivity contribution in [2.24, 2.45) is 0 Å². The highest BCUT2D eigenvalue weighted by Gasteiger charge is 2.36. The lowest BCUT2D eigenvalue weighted by atomic mass is 10.0. The topological polar surface area (TPSA) is 103 Å². The number of hydrogen-bond donors (Lipinski definition) is 2. The predicted molar refractivity (Wildman–Crippen MR) is 107 cm³/mol. The average molecular weight is 388 g/mol. The van der Waals surface area contributed by atoms with Crippen molar-refractivity contribution in [3.8, 4) is 22.4 Å². The number of thiazole rings is 1. The minimum absolute atomic E-state index is 0.375. The Kier molecular flexibility index (Phi) is 3.69. The van der Waals surface area contributed by atoms with Crippen molar-refractivity contribution in [2.75, 3.05) is 5.73 Å². The fourth-order valence-corrected chi connectivity index (χ4v) is 4.36. The summed E-state index contributed by atoms with van der Waals surface area (Å²) < 4.78 is 1.93. The van der Waals surface area contributed by atoms with Gasteiger partial charge in [0.1, 0.15) is 21.7 Å². The monoisotopic (exact) mass is 388 g/mol. The van der Waals surface area contributed by atoms with Gasteiger partial charge in [-0.2, -0.15) is 0 Å². The maximum atomic E-state index is 10.9. The summed E-state index contributed by atoms with van der Waals surface area (Å²) in [4.78, 5) is 17.9. The maximum absolute atomic E-state index is 10.9. The van der Waals surface area contributed by atoms with Crippen LogP contribution >= 0.6 is 11.3 Å². The van der Waals surface area contributed by atoms with E-state index in [1.165, 1.54) is 17.7 Å². The molecular formula is C20H16N6OS. The number of nitrogens with two attached hydrogens (primary N) is 1. The predicted octanol–water partition coefficient (Wildman–Crippen LogP) is 2.48. The summed E-state index contributed by atoms with van der Waals surface area (Å²) in [5.41, 5.74) is 8.16. The molecular weight excluding hydrogens is 372 g/mol. The fourth-order valence-electron chi connectivity index (χ4n) is 3.36. The van der Waals surface area contributed by atoms with Crippen LogP contribution in [0.2, 0.25) is 0 Å². The number of imidazole rings is 1. The molecule has 3 N–H and O–H groups in total. The quantitative estimate of drug-likeness (QED) is 0.486. The molecule has 0 amide bonds. The lowest BCUT2D eigenvalue weighted by Gasteiger charge is -2.12. The zero-order chi connectivity index (χ0) is 19.3. The van der Waals surface area contributed by atoms with Gasteiger partial charge >= 0.3 is 0 Å². The highest BCUT2D eigenvalue weighted by molar-refractivity contribution is 7.21. The summed E-state index contributed by atoms with van der Waals surface area (Å²) in [5.74, 6) is 7.10. The molecule has 0 spiro atoms. The first-order chi connectivity index (χ1) is 13.5. The van der Waals surface area contributed by atoms with Gasteiger partial charge in [-0.25, -0.2) is 19.9 Å². The zero-order valence-electron chi connectivity index (χ0n) is 15.0. The Hall–Kier alpha value is -3.28. The largest absolute Gasteiger partial charge is 0.382 e. The number of aliphatic hydroxyl groups is 1. The summed E-state index contributed by atoms with van der Waals surface area (Å²) in [6.07, 6.45) is 5.53. The lowest BCUT2D eigenvalue weighted by Crippen LogP contribution is -2.20. The SMILES string of the molecule is Cc1ccc(C#C[C@]2(O)CCn3ccnc32)cc1-c1nc2c(N)ncnc2s1. The van der Waals surface area contributed by atoms with Crippen LogP contribution < -0.4 is 5.73 Å². The van der Waals surface area contributed by atoms with Gasteiger partial charge in [0, 0.05) is 36.5 Å². The van der Waals surface area contributed by atoms with E-state index in [2.05, 4.69) is 31.8 Å². The Morgan fingerprint density at radius 3 is 3.04 bits per heavy atom. The van der Waals surface area contributed by atoms with Gasteiger partial charge in [-0.1, -0.05) is 29.2 Å². The maximum Gasteiger partial charge on any atom is 0.185 e. The molecule has 0 saturated carbocycles. The number of rotatable bonds is 1. The highest BCUT2D eigenvalue weighted by Crippen LogP contribution is 2.33. The van der Waals surface area contributed by atoms with Crippen molar-refractivity contribution in [2.45, 2.75) is 25.5 Å². The summed E-state index contributed by atoms with van der Waals surface area (Å²) in [5, 5.41) is 11.7. The van der Waals surface area contributed by atoms with E-state index >= 15 is 0 Å². The third-order valence-corrected chi connectivity index (χ3v) is 5.90. The van der Waals surface area contributed by atoms with E-state index in [1.807, 2.05) is 35.9 Å². The molecule has 4 heterocycles. The van der Waals surface area contributed by atoms with Crippen LogP contribution in [0.1, 0.15) is 23.4 Å². The number of fused-ring (bicyclic) bond motifs is 2. The Morgan fingerprint density at radius 2 is 2.18 bits per heavy atom. The number of aryl methyl sites for hydroxylation is 2. The van der Waals surface area contributed by atoms with Gasteiger partial charge in [0.25, 0.3) is 0 Å². The van der Waals surface area contributed by atoms with Crippen LogP contribution in [0, 0.1) is 18.8 Å². The van der Waals surface area contributed by atoms with Crippen LogP contribution in [-0.2, 0) is 12.1 Å². The van der Waals surface area contributed by atoms with E-state index in [-0.39, 0.29) is 0 Å². The third-order valence-electron chi connectivity index (χ3n) is 4.91. The first-order valence-electron chi connectivity index (χ1n) is 8.79. The number of nitrogen functional groups attached to an aromatic ring is 1. The van der Waals surface area contributed by atoms with Crippen LogP contribution in [0.25, 0.3) is 20.9 Å². The Labute approximate surface area is 164 Å². The molecule has 0 unspecified atom stereocenters. The molecule has 8 heteroatoms. The molecule has 0 bridgehead atoms. The molecule has 3 aromatic heterocycles. The molecule has 0 fully saturated rings. The lowest BCUT2D eigenvalue weighted by molar-refractivity contribution is 0.0980. The number of nitrogens with zero attached hydrogens (tertiary/aromatic N) is 5. The second kappa shape index (κ2) is 6.12. The van der Waals surface area contributed by atoms with Crippen LogP contribution in [0.15, 0.2) is 36.9 Å².